The molecule has 1 saturated carbocycles. The molecule has 98 valence electrons. The molecule has 1 aliphatic carbocycles. The first-order chi connectivity index (χ1) is 8.76. The van der Waals surface area contributed by atoms with Crippen LogP contribution in [0.5, 0.6) is 0 Å². The van der Waals surface area contributed by atoms with Gasteiger partial charge in [0.15, 0.2) is 0 Å². The molecule has 1 aromatic rings. The lowest BCUT2D eigenvalue weighted by Crippen LogP contribution is -2.36. The lowest BCUT2D eigenvalue weighted by Gasteiger charge is -2.34. The molecule has 2 nitrogen and oxygen atoms in total. The third kappa shape index (κ3) is 2.39. The fraction of sp³-hybridized carbons (Fsp3) is 0.600. The summed E-state index contributed by atoms with van der Waals surface area (Å²) in [5.41, 5.74) is 9.71. The molecule has 0 spiro atoms. The van der Waals surface area contributed by atoms with Crippen LogP contribution in [0.3, 0.4) is 0 Å². The van der Waals surface area contributed by atoms with E-state index >= 15 is 0 Å². The third-order valence-electron chi connectivity index (χ3n) is 4.43. The van der Waals surface area contributed by atoms with Crippen molar-refractivity contribution in [3.05, 3.63) is 29.3 Å². The Balaban J connectivity index is 1.69. The number of nitrogens with two attached hydrogens (primary N) is 1. The first-order valence-electron chi connectivity index (χ1n) is 6.90. The molecule has 3 heteroatoms. The van der Waals surface area contributed by atoms with Gasteiger partial charge in [-0.3, -0.25) is 4.90 Å². The first kappa shape index (κ1) is 12.4. The van der Waals surface area contributed by atoms with Gasteiger partial charge >= 0.3 is 0 Å². The highest BCUT2D eigenvalue weighted by molar-refractivity contribution is 7.99. The van der Waals surface area contributed by atoms with E-state index in [-0.39, 0.29) is 0 Å². The van der Waals surface area contributed by atoms with Gasteiger partial charge < -0.3 is 5.73 Å². The monoisotopic (exact) mass is 262 g/mol. The maximum Gasteiger partial charge on any atom is 0.0317 e. The number of hydrogen-bond acceptors (Lipinski definition) is 3. The SMILES string of the molecule is CSC1CCCC(N2Cc3ccc(N)cc3C2)C1. The summed E-state index contributed by atoms with van der Waals surface area (Å²) in [5.74, 6) is 0. The molecule has 0 saturated heterocycles. The van der Waals surface area contributed by atoms with Crippen molar-refractivity contribution >= 4 is 17.4 Å². The average molecular weight is 262 g/mol. The predicted molar refractivity (Wildman–Crippen MR) is 79.7 cm³/mol. The maximum atomic E-state index is 5.88. The van der Waals surface area contributed by atoms with Gasteiger partial charge in [0.05, 0.1) is 0 Å². The predicted octanol–water partition coefficient (Wildman–Crippen LogP) is 3.26. The van der Waals surface area contributed by atoms with Crippen LogP contribution in [0.1, 0.15) is 36.8 Å². The van der Waals surface area contributed by atoms with Crippen molar-refractivity contribution in [2.24, 2.45) is 0 Å². The second-order valence-corrected chi connectivity index (χ2v) is 6.75. The Morgan fingerprint density at radius 3 is 2.89 bits per heavy atom. The molecule has 1 heterocycles. The van der Waals surface area contributed by atoms with E-state index in [0.29, 0.717) is 0 Å². The van der Waals surface area contributed by atoms with E-state index in [1.54, 1.807) is 0 Å². The number of benzene rings is 1. The van der Waals surface area contributed by atoms with Crippen LogP contribution in [-0.2, 0) is 13.1 Å². The quantitative estimate of drug-likeness (QED) is 0.830. The van der Waals surface area contributed by atoms with E-state index in [0.717, 1.165) is 30.1 Å². The minimum atomic E-state index is 0.782. The second kappa shape index (κ2) is 5.14. The van der Waals surface area contributed by atoms with Crippen molar-refractivity contribution in [1.82, 2.24) is 4.90 Å². The molecule has 0 aromatic heterocycles. The Morgan fingerprint density at radius 1 is 1.22 bits per heavy atom. The molecular formula is C15H22N2S. The van der Waals surface area contributed by atoms with Gasteiger partial charge in [-0.2, -0.15) is 11.8 Å². The van der Waals surface area contributed by atoms with Crippen molar-refractivity contribution in [2.45, 2.75) is 50.1 Å². The number of hydrogen-bond donors (Lipinski definition) is 1. The molecule has 3 rings (SSSR count). The molecule has 2 aliphatic rings. The highest BCUT2D eigenvalue weighted by Gasteiger charge is 2.30. The standard InChI is InChI=1S/C15H22N2S/c1-18-15-4-2-3-14(8-15)17-9-11-5-6-13(16)7-12(11)10-17/h5-7,14-15H,2-4,8-10,16H2,1H3. The van der Waals surface area contributed by atoms with Crippen molar-refractivity contribution < 1.29 is 0 Å². The summed E-state index contributed by atoms with van der Waals surface area (Å²) in [6, 6.07) is 7.18. The molecule has 0 radical (unpaired) electrons. The number of rotatable bonds is 2. The Morgan fingerprint density at radius 2 is 2.06 bits per heavy atom. The molecule has 2 unspecified atom stereocenters. The topological polar surface area (TPSA) is 29.3 Å². The molecule has 0 amide bonds. The summed E-state index contributed by atoms with van der Waals surface area (Å²) < 4.78 is 0. The third-order valence-corrected chi connectivity index (χ3v) is 5.52. The summed E-state index contributed by atoms with van der Waals surface area (Å²) in [4.78, 5) is 2.66. The number of anilines is 1. The summed E-state index contributed by atoms with van der Waals surface area (Å²) in [6.45, 7) is 2.23. The van der Waals surface area contributed by atoms with Gasteiger partial charge in [0.1, 0.15) is 0 Å². The summed E-state index contributed by atoms with van der Waals surface area (Å²) in [7, 11) is 0. The molecule has 1 fully saturated rings. The van der Waals surface area contributed by atoms with E-state index < -0.39 is 0 Å². The van der Waals surface area contributed by atoms with E-state index in [1.807, 2.05) is 17.8 Å². The molecule has 1 aromatic carbocycles. The second-order valence-electron chi connectivity index (χ2n) is 5.61. The van der Waals surface area contributed by atoms with Crippen LogP contribution in [0, 0.1) is 0 Å². The average Bonchev–Trinajstić information content (AvgIpc) is 2.81. The van der Waals surface area contributed by atoms with Gasteiger partial charge in [-0.1, -0.05) is 12.5 Å². The molecule has 0 bridgehead atoms. The van der Waals surface area contributed by atoms with Crippen LogP contribution in [0.25, 0.3) is 0 Å². The number of thioether (sulfide) groups is 1. The fourth-order valence-corrected chi connectivity index (χ4v) is 4.18. The van der Waals surface area contributed by atoms with Crippen LogP contribution < -0.4 is 5.73 Å². The van der Waals surface area contributed by atoms with Crippen LogP contribution >= 0.6 is 11.8 Å². The van der Waals surface area contributed by atoms with Gasteiger partial charge in [0.25, 0.3) is 0 Å². The van der Waals surface area contributed by atoms with Crippen molar-refractivity contribution in [1.29, 1.82) is 0 Å². The van der Waals surface area contributed by atoms with Crippen molar-refractivity contribution in [3.63, 3.8) is 0 Å². The lowest BCUT2D eigenvalue weighted by atomic mass is 9.94. The minimum absolute atomic E-state index is 0.782. The van der Waals surface area contributed by atoms with E-state index in [9.17, 15) is 0 Å². The number of fused-ring (bicyclic) bond motifs is 1. The minimum Gasteiger partial charge on any atom is -0.399 e. The normalized spacial score (nSPS) is 28.3. The molecule has 2 atom stereocenters. The van der Waals surface area contributed by atoms with Crippen molar-refractivity contribution in [2.75, 3.05) is 12.0 Å². The fourth-order valence-electron chi connectivity index (χ4n) is 3.37. The van der Waals surface area contributed by atoms with Crippen LogP contribution in [-0.4, -0.2) is 22.4 Å². The maximum absolute atomic E-state index is 5.88. The smallest absolute Gasteiger partial charge is 0.0317 e. The summed E-state index contributed by atoms with van der Waals surface area (Å²) in [6.07, 6.45) is 7.80. The number of nitrogen functional groups attached to an aromatic ring is 1. The Kier molecular flexibility index (Phi) is 3.53. The van der Waals surface area contributed by atoms with Crippen LogP contribution in [0.15, 0.2) is 18.2 Å². The molecule has 1 aliphatic heterocycles. The Hall–Kier alpha value is -0.670. The summed E-state index contributed by atoms with van der Waals surface area (Å²) >= 11 is 2.05. The van der Waals surface area contributed by atoms with Gasteiger partial charge in [-0.05, 0) is 48.8 Å². The van der Waals surface area contributed by atoms with Gasteiger partial charge in [0.2, 0.25) is 0 Å². The van der Waals surface area contributed by atoms with Crippen LogP contribution in [0.2, 0.25) is 0 Å². The zero-order valence-electron chi connectivity index (χ0n) is 11.1. The largest absolute Gasteiger partial charge is 0.399 e. The molecular weight excluding hydrogens is 240 g/mol. The first-order valence-corrected chi connectivity index (χ1v) is 8.19. The van der Waals surface area contributed by atoms with Crippen LogP contribution in [0.4, 0.5) is 5.69 Å². The zero-order chi connectivity index (χ0) is 12.5. The van der Waals surface area contributed by atoms with Gasteiger partial charge in [-0.15, -0.1) is 0 Å². The van der Waals surface area contributed by atoms with Crippen molar-refractivity contribution in [3.8, 4) is 0 Å². The molecule has 2 N–H and O–H groups in total. The van der Waals surface area contributed by atoms with E-state index in [4.69, 9.17) is 5.73 Å². The highest BCUT2D eigenvalue weighted by Crippen LogP contribution is 2.34. The Bertz CT molecular complexity index is 433. The zero-order valence-corrected chi connectivity index (χ0v) is 11.9. The Labute approximate surface area is 114 Å². The van der Waals surface area contributed by atoms with E-state index in [2.05, 4.69) is 23.3 Å². The summed E-state index contributed by atoms with van der Waals surface area (Å²) in [5, 5.41) is 0.873. The van der Waals surface area contributed by atoms with Gasteiger partial charge in [0, 0.05) is 30.1 Å². The highest BCUT2D eigenvalue weighted by atomic mass is 32.2. The van der Waals surface area contributed by atoms with E-state index in [1.165, 1.54) is 36.8 Å². The molecule has 18 heavy (non-hydrogen) atoms. The van der Waals surface area contributed by atoms with Gasteiger partial charge in [-0.25, -0.2) is 0 Å². The lowest BCUT2D eigenvalue weighted by molar-refractivity contribution is 0.159. The number of nitrogens with zero attached hydrogens (tertiary/aromatic N) is 1.